The molecule has 0 atom stereocenters. The third-order valence-electron chi connectivity index (χ3n) is 5.01. The molecule has 0 spiro atoms. The zero-order chi connectivity index (χ0) is 20.8. The average molecular weight is 422 g/mol. The second-order valence-electron chi connectivity index (χ2n) is 7.21. The van der Waals surface area contributed by atoms with Crippen LogP contribution in [0.2, 0.25) is 0 Å². The first kappa shape index (κ1) is 20.2. The van der Waals surface area contributed by atoms with Crippen molar-refractivity contribution in [2.75, 3.05) is 6.54 Å². The number of carbonyl (C=O) groups is 1. The summed E-state index contributed by atoms with van der Waals surface area (Å²) in [6.45, 7) is 0.728. The highest BCUT2D eigenvalue weighted by Crippen LogP contribution is 2.27. The Labute approximate surface area is 179 Å². The standard InChI is InChI=1S/C23H23N3O3S/c24-14-16-6-1-3-8-19(16)28-15-17-11-12-20(29-17)23(27)25-13-5-10-22-26-18-7-2-4-9-21(18)30-22/h1,3,6,8,11-12H,2,4-5,7,9-10,13,15H2,(H,25,27). The van der Waals surface area contributed by atoms with Crippen molar-refractivity contribution in [3.05, 3.63) is 69.1 Å². The maximum atomic E-state index is 12.3. The van der Waals surface area contributed by atoms with Gasteiger partial charge in [0.1, 0.15) is 24.2 Å². The Kier molecular flexibility index (Phi) is 6.45. The van der Waals surface area contributed by atoms with E-state index in [4.69, 9.17) is 19.4 Å². The molecule has 2 aromatic heterocycles. The van der Waals surface area contributed by atoms with Crippen molar-refractivity contribution < 1.29 is 13.9 Å². The number of benzene rings is 1. The minimum atomic E-state index is -0.239. The minimum absolute atomic E-state index is 0.153. The molecule has 0 unspecified atom stereocenters. The number of para-hydroxylation sites is 1. The fraction of sp³-hybridized carbons (Fsp3) is 0.348. The van der Waals surface area contributed by atoms with E-state index in [0.717, 1.165) is 25.7 Å². The van der Waals surface area contributed by atoms with Gasteiger partial charge in [0.25, 0.3) is 5.91 Å². The number of nitriles is 1. The average Bonchev–Trinajstić information content (AvgIpc) is 3.42. The molecule has 0 fully saturated rings. The molecule has 6 nitrogen and oxygen atoms in total. The smallest absolute Gasteiger partial charge is 0.286 e. The van der Waals surface area contributed by atoms with Gasteiger partial charge in [0.2, 0.25) is 0 Å². The van der Waals surface area contributed by atoms with E-state index in [1.807, 2.05) is 11.3 Å². The number of aromatic nitrogens is 1. The molecule has 1 amide bonds. The SMILES string of the molecule is N#Cc1ccccc1OCc1ccc(C(=O)NCCCc2nc3c(s2)CCCC3)o1. The number of furan rings is 1. The highest BCUT2D eigenvalue weighted by molar-refractivity contribution is 7.11. The number of aryl methyl sites for hydroxylation is 3. The molecule has 154 valence electrons. The number of nitrogens with one attached hydrogen (secondary N) is 1. The molecular weight excluding hydrogens is 398 g/mol. The lowest BCUT2D eigenvalue weighted by molar-refractivity contribution is 0.0921. The number of amides is 1. The fourth-order valence-electron chi connectivity index (χ4n) is 3.45. The van der Waals surface area contributed by atoms with Crippen molar-refractivity contribution in [3.63, 3.8) is 0 Å². The van der Waals surface area contributed by atoms with Crippen LogP contribution in [0.4, 0.5) is 0 Å². The summed E-state index contributed by atoms with van der Waals surface area (Å²) >= 11 is 1.82. The van der Waals surface area contributed by atoms with E-state index in [2.05, 4.69) is 11.4 Å². The molecule has 1 aromatic carbocycles. The summed E-state index contributed by atoms with van der Waals surface area (Å²) < 4.78 is 11.2. The Morgan fingerprint density at radius 1 is 1.23 bits per heavy atom. The van der Waals surface area contributed by atoms with Gasteiger partial charge < -0.3 is 14.5 Å². The highest BCUT2D eigenvalue weighted by Gasteiger charge is 2.15. The summed E-state index contributed by atoms with van der Waals surface area (Å²) in [5.41, 5.74) is 1.75. The summed E-state index contributed by atoms with van der Waals surface area (Å²) in [4.78, 5) is 18.5. The summed E-state index contributed by atoms with van der Waals surface area (Å²) in [5, 5.41) is 13.2. The van der Waals surface area contributed by atoms with Gasteiger partial charge in [-0.15, -0.1) is 11.3 Å². The molecule has 30 heavy (non-hydrogen) atoms. The van der Waals surface area contributed by atoms with Crippen LogP contribution >= 0.6 is 11.3 Å². The van der Waals surface area contributed by atoms with Crippen LogP contribution in [0.5, 0.6) is 5.75 Å². The Bertz CT molecular complexity index is 1040. The molecule has 0 bridgehead atoms. The van der Waals surface area contributed by atoms with E-state index in [-0.39, 0.29) is 18.3 Å². The van der Waals surface area contributed by atoms with Gasteiger partial charge in [0.05, 0.1) is 16.3 Å². The van der Waals surface area contributed by atoms with Crippen molar-refractivity contribution in [1.82, 2.24) is 10.3 Å². The Hall–Kier alpha value is -3.11. The predicted molar refractivity (Wildman–Crippen MR) is 114 cm³/mol. The zero-order valence-electron chi connectivity index (χ0n) is 16.6. The molecular formula is C23H23N3O3S. The Morgan fingerprint density at radius 2 is 2.10 bits per heavy atom. The van der Waals surface area contributed by atoms with Crippen LogP contribution in [0.1, 0.15) is 56.7 Å². The van der Waals surface area contributed by atoms with Gasteiger partial charge in [-0.2, -0.15) is 5.26 Å². The van der Waals surface area contributed by atoms with E-state index in [1.54, 1.807) is 36.4 Å². The Morgan fingerprint density at radius 3 is 2.97 bits per heavy atom. The molecule has 4 rings (SSSR count). The molecule has 7 heteroatoms. The van der Waals surface area contributed by atoms with Crippen LogP contribution in [0.25, 0.3) is 0 Å². The number of hydrogen-bond donors (Lipinski definition) is 1. The maximum Gasteiger partial charge on any atom is 0.286 e. The number of ether oxygens (including phenoxy) is 1. The third kappa shape index (κ3) is 4.89. The van der Waals surface area contributed by atoms with Gasteiger partial charge in [-0.25, -0.2) is 4.98 Å². The zero-order valence-corrected chi connectivity index (χ0v) is 17.5. The first-order valence-corrected chi connectivity index (χ1v) is 11.0. The van der Waals surface area contributed by atoms with Crippen molar-refractivity contribution in [2.24, 2.45) is 0 Å². The van der Waals surface area contributed by atoms with Crippen molar-refractivity contribution in [3.8, 4) is 11.8 Å². The number of rotatable bonds is 8. The van der Waals surface area contributed by atoms with E-state index in [9.17, 15) is 4.79 Å². The van der Waals surface area contributed by atoms with E-state index in [1.165, 1.54) is 28.4 Å². The lowest BCUT2D eigenvalue weighted by Crippen LogP contribution is -2.24. The lowest BCUT2D eigenvalue weighted by atomic mass is 10.0. The molecule has 1 aliphatic rings. The predicted octanol–water partition coefficient (Wildman–Crippen LogP) is 4.43. The molecule has 0 saturated heterocycles. The van der Waals surface area contributed by atoms with Crippen molar-refractivity contribution in [1.29, 1.82) is 5.26 Å². The maximum absolute atomic E-state index is 12.3. The number of nitrogens with zero attached hydrogens (tertiary/aromatic N) is 2. The van der Waals surface area contributed by atoms with Gasteiger partial charge in [-0.1, -0.05) is 12.1 Å². The largest absolute Gasteiger partial charge is 0.484 e. The number of thiazole rings is 1. The second kappa shape index (κ2) is 9.59. The lowest BCUT2D eigenvalue weighted by Gasteiger charge is -2.06. The number of fused-ring (bicyclic) bond motifs is 1. The van der Waals surface area contributed by atoms with Crippen LogP contribution in [0.3, 0.4) is 0 Å². The van der Waals surface area contributed by atoms with Crippen LogP contribution in [-0.2, 0) is 25.9 Å². The van der Waals surface area contributed by atoms with Gasteiger partial charge in [0.15, 0.2) is 5.76 Å². The van der Waals surface area contributed by atoms with Gasteiger partial charge in [0, 0.05) is 17.8 Å². The molecule has 3 aromatic rings. The summed E-state index contributed by atoms with van der Waals surface area (Å²) in [6.07, 6.45) is 6.51. The second-order valence-corrected chi connectivity index (χ2v) is 8.37. The molecule has 1 aliphatic carbocycles. The number of hydrogen-bond acceptors (Lipinski definition) is 6. The summed E-state index contributed by atoms with van der Waals surface area (Å²) in [7, 11) is 0. The van der Waals surface area contributed by atoms with Crippen LogP contribution in [-0.4, -0.2) is 17.4 Å². The molecule has 0 saturated carbocycles. The monoisotopic (exact) mass is 421 g/mol. The van der Waals surface area contributed by atoms with Gasteiger partial charge in [-0.05, 0) is 56.4 Å². The highest BCUT2D eigenvalue weighted by atomic mass is 32.1. The van der Waals surface area contributed by atoms with E-state index >= 15 is 0 Å². The van der Waals surface area contributed by atoms with Crippen molar-refractivity contribution in [2.45, 2.75) is 45.1 Å². The summed E-state index contributed by atoms with van der Waals surface area (Å²) in [6, 6.07) is 12.4. The van der Waals surface area contributed by atoms with Crippen LogP contribution in [0.15, 0.2) is 40.8 Å². The first-order chi connectivity index (χ1) is 14.7. The van der Waals surface area contributed by atoms with E-state index in [0.29, 0.717) is 23.6 Å². The van der Waals surface area contributed by atoms with Gasteiger partial charge >= 0.3 is 0 Å². The van der Waals surface area contributed by atoms with Crippen molar-refractivity contribution >= 4 is 17.2 Å². The van der Waals surface area contributed by atoms with Crippen LogP contribution in [0, 0.1) is 11.3 Å². The van der Waals surface area contributed by atoms with Crippen LogP contribution < -0.4 is 10.1 Å². The normalized spacial score (nSPS) is 12.8. The molecule has 1 N–H and O–H groups in total. The third-order valence-corrected chi connectivity index (χ3v) is 6.22. The molecule has 0 radical (unpaired) electrons. The number of carbonyl (C=O) groups excluding carboxylic acids is 1. The van der Waals surface area contributed by atoms with Gasteiger partial charge in [-0.3, -0.25) is 4.79 Å². The Balaban J connectivity index is 1.22. The fourth-order valence-corrected chi connectivity index (χ4v) is 4.65. The quantitative estimate of drug-likeness (QED) is 0.544. The summed E-state index contributed by atoms with van der Waals surface area (Å²) in [5.74, 6) is 1.04. The minimum Gasteiger partial charge on any atom is -0.484 e. The molecule has 2 heterocycles. The molecule has 0 aliphatic heterocycles. The topological polar surface area (TPSA) is 88.1 Å². The first-order valence-electron chi connectivity index (χ1n) is 10.2. The van der Waals surface area contributed by atoms with E-state index < -0.39 is 0 Å².